The average Bonchev–Trinajstić information content (AvgIpc) is 3.04. The molecule has 0 spiro atoms. The molecule has 4 rings (SSSR count). The van der Waals surface area contributed by atoms with Crippen molar-refractivity contribution in [2.75, 3.05) is 20.6 Å². The molecule has 3 aromatic carbocycles. The van der Waals surface area contributed by atoms with Crippen molar-refractivity contribution in [3.63, 3.8) is 0 Å². The zero-order valence-electron chi connectivity index (χ0n) is 18.4. The number of amides is 3. The van der Waals surface area contributed by atoms with E-state index in [2.05, 4.69) is 5.32 Å². The molecule has 1 atom stereocenters. The predicted molar refractivity (Wildman–Crippen MR) is 122 cm³/mol. The number of carbonyl (C=O) groups excluding carboxylic acids is 3. The Morgan fingerprint density at radius 3 is 2.15 bits per heavy atom. The summed E-state index contributed by atoms with van der Waals surface area (Å²) in [4.78, 5) is 40.9. The summed E-state index contributed by atoms with van der Waals surface area (Å²) in [6.07, 6.45) is 0. The van der Waals surface area contributed by atoms with Gasteiger partial charge in [-0.05, 0) is 61.6 Å². The molecule has 7 heteroatoms. The van der Waals surface area contributed by atoms with Crippen molar-refractivity contribution in [3.8, 4) is 0 Å². The van der Waals surface area contributed by atoms with Crippen LogP contribution in [0.2, 0.25) is 0 Å². The number of rotatable bonds is 7. The van der Waals surface area contributed by atoms with Crippen LogP contribution in [0.15, 0.2) is 72.8 Å². The van der Waals surface area contributed by atoms with Crippen LogP contribution in [-0.4, -0.2) is 48.2 Å². The SMILES string of the molecule is CN(C)[C@@H](CNC(=O)c1ccc(CN2C(=O)c3ccccc3C2=O)cc1)c1cccc(F)c1. The second kappa shape index (κ2) is 9.34. The van der Waals surface area contributed by atoms with Crippen LogP contribution < -0.4 is 5.32 Å². The fraction of sp³-hybridized carbons (Fsp3) is 0.192. The number of nitrogens with one attached hydrogen (secondary N) is 1. The molecule has 6 nitrogen and oxygen atoms in total. The highest BCUT2D eigenvalue weighted by atomic mass is 19.1. The van der Waals surface area contributed by atoms with E-state index in [1.54, 1.807) is 54.6 Å². The van der Waals surface area contributed by atoms with Crippen molar-refractivity contribution in [1.29, 1.82) is 0 Å². The summed E-state index contributed by atoms with van der Waals surface area (Å²) in [6, 6.07) is 19.7. The van der Waals surface area contributed by atoms with Gasteiger partial charge in [-0.3, -0.25) is 19.3 Å². The van der Waals surface area contributed by atoms with Crippen LogP contribution in [0.1, 0.15) is 48.2 Å². The van der Waals surface area contributed by atoms with Crippen molar-refractivity contribution in [2.45, 2.75) is 12.6 Å². The minimum absolute atomic E-state index is 0.135. The first-order valence-corrected chi connectivity index (χ1v) is 10.6. The largest absolute Gasteiger partial charge is 0.350 e. The number of likely N-dealkylation sites (N-methyl/N-ethyl adjacent to an activating group) is 1. The van der Waals surface area contributed by atoms with Gasteiger partial charge in [0.15, 0.2) is 0 Å². The maximum absolute atomic E-state index is 13.6. The van der Waals surface area contributed by atoms with E-state index in [1.165, 1.54) is 17.0 Å². The van der Waals surface area contributed by atoms with Crippen LogP contribution in [0.5, 0.6) is 0 Å². The van der Waals surface area contributed by atoms with Gasteiger partial charge < -0.3 is 10.2 Å². The lowest BCUT2D eigenvalue weighted by Crippen LogP contribution is -2.34. The molecule has 3 aromatic rings. The molecule has 0 saturated carbocycles. The maximum Gasteiger partial charge on any atom is 0.261 e. The molecular formula is C26H24FN3O3. The van der Waals surface area contributed by atoms with E-state index in [-0.39, 0.29) is 36.1 Å². The van der Waals surface area contributed by atoms with E-state index >= 15 is 0 Å². The van der Waals surface area contributed by atoms with Crippen LogP contribution in [0.25, 0.3) is 0 Å². The molecule has 1 N–H and O–H groups in total. The average molecular weight is 445 g/mol. The number of fused-ring (bicyclic) bond motifs is 1. The molecule has 0 radical (unpaired) electrons. The van der Waals surface area contributed by atoms with Gasteiger partial charge in [0.05, 0.1) is 23.7 Å². The highest BCUT2D eigenvalue weighted by molar-refractivity contribution is 6.21. The Morgan fingerprint density at radius 1 is 0.939 bits per heavy atom. The minimum atomic E-state index is -0.320. The molecule has 1 aliphatic rings. The number of halogens is 1. The number of hydrogen-bond acceptors (Lipinski definition) is 4. The fourth-order valence-corrected chi connectivity index (χ4v) is 3.93. The molecule has 168 valence electrons. The van der Waals surface area contributed by atoms with Gasteiger partial charge in [-0.15, -0.1) is 0 Å². The van der Waals surface area contributed by atoms with Crippen molar-refractivity contribution in [2.24, 2.45) is 0 Å². The first-order valence-electron chi connectivity index (χ1n) is 10.6. The monoisotopic (exact) mass is 445 g/mol. The van der Waals surface area contributed by atoms with Crippen LogP contribution in [0.3, 0.4) is 0 Å². The maximum atomic E-state index is 13.6. The minimum Gasteiger partial charge on any atom is -0.350 e. The van der Waals surface area contributed by atoms with Gasteiger partial charge in [-0.2, -0.15) is 0 Å². The van der Waals surface area contributed by atoms with E-state index in [1.807, 2.05) is 25.1 Å². The Labute approximate surface area is 191 Å². The molecular weight excluding hydrogens is 421 g/mol. The van der Waals surface area contributed by atoms with Gasteiger partial charge in [-0.1, -0.05) is 36.4 Å². The lowest BCUT2D eigenvalue weighted by Gasteiger charge is -2.25. The zero-order valence-corrected chi connectivity index (χ0v) is 18.4. The summed E-state index contributed by atoms with van der Waals surface area (Å²) in [6.45, 7) is 0.447. The quantitative estimate of drug-likeness (QED) is 0.564. The molecule has 0 saturated heterocycles. The van der Waals surface area contributed by atoms with E-state index in [9.17, 15) is 18.8 Å². The third kappa shape index (κ3) is 4.68. The van der Waals surface area contributed by atoms with Crippen molar-refractivity contribution in [1.82, 2.24) is 15.1 Å². The molecule has 0 aliphatic carbocycles. The predicted octanol–water partition coefficient (Wildman–Crippen LogP) is 3.65. The van der Waals surface area contributed by atoms with E-state index < -0.39 is 0 Å². The molecule has 0 bridgehead atoms. The molecule has 1 heterocycles. The van der Waals surface area contributed by atoms with Crippen molar-refractivity contribution < 1.29 is 18.8 Å². The van der Waals surface area contributed by atoms with Crippen LogP contribution in [0, 0.1) is 5.82 Å². The number of hydrogen-bond donors (Lipinski definition) is 1. The van der Waals surface area contributed by atoms with Gasteiger partial charge in [-0.25, -0.2) is 4.39 Å². The Balaban J connectivity index is 1.39. The Kier molecular flexibility index (Phi) is 6.33. The first-order chi connectivity index (χ1) is 15.8. The molecule has 3 amide bonds. The second-order valence-electron chi connectivity index (χ2n) is 8.18. The molecule has 0 aromatic heterocycles. The highest BCUT2D eigenvalue weighted by Gasteiger charge is 2.34. The van der Waals surface area contributed by atoms with Gasteiger partial charge in [0.1, 0.15) is 5.82 Å². The normalized spacial score (nSPS) is 13.9. The van der Waals surface area contributed by atoms with E-state index in [4.69, 9.17) is 0 Å². The molecule has 33 heavy (non-hydrogen) atoms. The van der Waals surface area contributed by atoms with Crippen molar-refractivity contribution in [3.05, 3.63) is 106 Å². The Hall–Kier alpha value is -3.84. The first kappa shape index (κ1) is 22.4. The van der Waals surface area contributed by atoms with Gasteiger partial charge in [0.2, 0.25) is 0 Å². The summed E-state index contributed by atoms with van der Waals surface area (Å²) < 4.78 is 13.6. The van der Waals surface area contributed by atoms with Crippen LogP contribution in [0.4, 0.5) is 4.39 Å². The van der Waals surface area contributed by atoms with Crippen LogP contribution >= 0.6 is 0 Å². The van der Waals surface area contributed by atoms with Crippen LogP contribution in [-0.2, 0) is 6.54 Å². The standard InChI is InChI=1S/C26H24FN3O3/c1-29(2)23(19-6-5-7-20(27)14-19)15-28-24(31)18-12-10-17(11-13-18)16-30-25(32)21-8-3-4-9-22(21)26(30)33/h3-14,23H,15-16H2,1-2H3,(H,28,31)/t23-/m0/s1. The van der Waals surface area contributed by atoms with Gasteiger partial charge in [0, 0.05) is 12.1 Å². The van der Waals surface area contributed by atoms with Crippen molar-refractivity contribution >= 4 is 17.7 Å². The van der Waals surface area contributed by atoms with E-state index in [0.29, 0.717) is 23.2 Å². The summed E-state index contributed by atoms with van der Waals surface area (Å²) in [5.74, 6) is -1.21. The zero-order chi connectivity index (χ0) is 23.5. The molecule has 1 aliphatic heterocycles. The number of nitrogens with zero attached hydrogens (tertiary/aromatic N) is 2. The third-order valence-electron chi connectivity index (χ3n) is 5.75. The Morgan fingerprint density at radius 2 is 1.58 bits per heavy atom. The summed E-state index contributed by atoms with van der Waals surface area (Å²) >= 11 is 0. The third-order valence-corrected chi connectivity index (χ3v) is 5.75. The molecule has 0 fully saturated rings. The lowest BCUT2D eigenvalue weighted by atomic mass is 10.1. The fourth-order valence-electron chi connectivity index (χ4n) is 3.93. The number of carbonyl (C=O) groups is 3. The smallest absolute Gasteiger partial charge is 0.261 e. The number of imide groups is 1. The second-order valence-corrected chi connectivity index (χ2v) is 8.18. The molecule has 0 unspecified atom stereocenters. The Bertz CT molecular complexity index is 1170. The van der Waals surface area contributed by atoms with Gasteiger partial charge in [0.25, 0.3) is 17.7 Å². The lowest BCUT2D eigenvalue weighted by molar-refractivity contribution is 0.0641. The summed E-state index contributed by atoms with van der Waals surface area (Å²) in [5.41, 5.74) is 2.79. The van der Waals surface area contributed by atoms with Gasteiger partial charge >= 0.3 is 0 Å². The summed E-state index contributed by atoms with van der Waals surface area (Å²) in [7, 11) is 3.74. The van der Waals surface area contributed by atoms with E-state index in [0.717, 1.165) is 11.1 Å². The topological polar surface area (TPSA) is 69.7 Å². The summed E-state index contributed by atoms with van der Waals surface area (Å²) in [5, 5.41) is 2.90. The highest BCUT2D eigenvalue weighted by Crippen LogP contribution is 2.24. The number of benzene rings is 3.